The zero-order valence-electron chi connectivity index (χ0n) is 12.4. The van der Waals surface area contributed by atoms with Gasteiger partial charge in [0.05, 0.1) is 6.10 Å². The van der Waals surface area contributed by atoms with Crippen molar-refractivity contribution in [2.75, 3.05) is 11.9 Å². The molecule has 0 saturated heterocycles. The Morgan fingerprint density at radius 3 is 2.55 bits per heavy atom. The van der Waals surface area contributed by atoms with E-state index in [9.17, 15) is 0 Å². The number of nitrogens with zero attached hydrogens (tertiary/aromatic N) is 3. The van der Waals surface area contributed by atoms with E-state index < -0.39 is 0 Å². The molecule has 0 aromatic carbocycles. The molecule has 1 aliphatic rings. The van der Waals surface area contributed by atoms with E-state index >= 15 is 0 Å². The Kier molecular flexibility index (Phi) is 5.02. The minimum absolute atomic E-state index is 0.0122. The van der Waals surface area contributed by atoms with Crippen LogP contribution < -0.4 is 10.1 Å². The summed E-state index contributed by atoms with van der Waals surface area (Å²) in [6, 6.07) is 0.277. The summed E-state index contributed by atoms with van der Waals surface area (Å²) in [5, 5.41) is 3.47. The molecule has 1 aromatic heterocycles. The number of hydrogen-bond donors (Lipinski definition) is 1. The summed E-state index contributed by atoms with van der Waals surface area (Å²) in [5.41, 5.74) is 0.373. The monoisotopic (exact) mass is 298 g/mol. The molecule has 1 fully saturated rings. The van der Waals surface area contributed by atoms with Crippen LogP contribution in [0.25, 0.3) is 0 Å². The molecule has 20 heavy (non-hydrogen) atoms. The number of ether oxygens (including phenoxy) is 1. The largest absolute Gasteiger partial charge is 0.461 e. The van der Waals surface area contributed by atoms with Crippen LogP contribution in [0.3, 0.4) is 0 Å². The van der Waals surface area contributed by atoms with Gasteiger partial charge in [-0.1, -0.05) is 19.8 Å². The van der Waals surface area contributed by atoms with Crippen molar-refractivity contribution >= 4 is 17.5 Å². The highest BCUT2D eigenvalue weighted by atomic mass is 35.5. The molecule has 1 aromatic rings. The Bertz CT molecular complexity index is 447. The summed E-state index contributed by atoms with van der Waals surface area (Å²) in [6.07, 6.45) is 6.35. The van der Waals surface area contributed by atoms with E-state index in [-0.39, 0.29) is 17.4 Å². The molecule has 0 aliphatic heterocycles. The first-order chi connectivity index (χ1) is 9.53. The lowest BCUT2D eigenvalue weighted by Crippen LogP contribution is -2.26. The van der Waals surface area contributed by atoms with Gasteiger partial charge >= 0.3 is 6.01 Å². The Labute approximate surface area is 125 Å². The molecule has 6 heteroatoms. The first-order valence-corrected chi connectivity index (χ1v) is 7.73. The summed E-state index contributed by atoms with van der Waals surface area (Å²) in [4.78, 5) is 12.4. The molecule has 5 nitrogen and oxygen atoms in total. The van der Waals surface area contributed by atoms with Crippen LogP contribution in [0.2, 0.25) is 5.28 Å². The predicted molar refractivity (Wildman–Crippen MR) is 80.3 cm³/mol. The van der Waals surface area contributed by atoms with Gasteiger partial charge in [0.2, 0.25) is 11.2 Å². The second-order valence-corrected chi connectivity index (χ2v) is 6.13. The van der Waals surface area contributed by atoms with Crippen molar-refractivity contribution in [1.82, 2.24) is 15.0 Å². The topological polar surface area (TPSA) is 59.9 Å². The van der Waals surface area contributed by atoms with Crippen molar-refractivity contribution in [2.45, 2.75) is 59.0 Å². The van der Waals surface area contributed by atoms with Crippen LogP contribution in [-0.2, 0) is 0 Å². The van der Waals surface area contributed by atoms with Gasteiger partial charge in [0.25, 0.3) is 0 Å². The maximum Gasteiger partial charge on any atom is 0.322 e. The van der Waals surface area contributed by atoms with Crippen molar-refractivity contribution in [3.8, 4) is 6.01 Å². The van der Waals surface area contributed by atoms with Gasteiger partial charge in [-0.3, -0.25) is 0 Å². The van der Waals surface area contributed by atoms with E-state index in [1.165, 1.54) is 32.1 Å². The highest BCUT2D eigenvalue weighted by Gasteiger charge is 2.31. The third-order valence-electron chi connectivity index (χ3n) is 3.96. The van der Waals surface area contributed by atoms with Crippen LogP contribution in [0.5, 0.6) is 6.01 Å². The van der Waals surface area contributed by atoms with E-state index in [1.807, 2.05) is 13.8 Å². The minimum atomic E-state index is 0.0122. The van der Waals surface area contributed by atoms with Gasteiger partial charge in [-0.2, -0.15) is 15.0 Å². The van der Waals surface area contributed by atoms with Gasteiger partial charge < -0.3 is 10.1 Å². The molecule has 0 radical (unpaired) electrons. The molecule has 1 N–H and O–H groups in total. The van der Waals surface area contributed by atoms with Crippen molar-refractivity contribution in [2.24, 2.45) is 5.41 Å². The maximum atomic E-state index is 5.92. The van der Waals surface area contributed by atoms with Gasteiger partial charge in [-0.15, -0.1) is 0 Å². The minimum Gasteiger partial charge on any atom is -0.461 e. The van der Waals surface area contributed by atoms with Gasteiger partial charge in [-0.05, 0) is 50.1 Å². The van der Waals surface area contributed by atoms with Crippen molar-refractivity contribution in [1.29, 1.82) is 0 Å². The Hall–Kier alpha value is -1.10. The highest BCUT2D eigenvalue weighted by Crippen LogP contribution is 2.40. The summed E-state index contributed by atoms with van der Waals surface area (Å²) in [5.74, 6) is 0.500. The van der Waals surface area contributed by atoms with Crippen molar-refractivity contribution < 1.29 is 4.74 Å². The summed E-state index contributed by atoms with van der Waals surface area (Å²) in [7, 11) is 0. The number of aromatic nitrogens is 3. The first-order valence-electron chi connectivity index (χ1n) is 7.35. The quantitative estimate of drug-likeness (QED) is 0.868. The molecule has 1 heterocycles. The maximum absolute atomic E-state index is 5.92. The van der Waals surface area contributed by atoms with Gasteiger partial charge in [-0.25, -0.2) is 0 Å². The van der Waals surface area contributed by atoms with Crippen molar-refractivity contribution in [3.05, 3.63) is 5.28 Å². The van der Waals surface area contributed by atoms with Gasteiger partial charge in [0.1, 0.15) is 0 Å². The molecule has 0 amide bonds. The zero-order valence-corrected chi connectivity index (χ0v) is 13.2. The van der Waals surface area contributed by atoms with Gasteiger partial charge in [0.15, 0.2) is 0 Å². The fraction of sp³-hybridized carbons (Fsp3) is 0.786. The van der Waals surface area contributed by atoms with Crippen LogP contribution in [0, 0.1) is 5.41 Å². The Morgan fingerprint density at radius 2 is 1.95 bits per heavy atom. The van der Waals surface area contributed by atoms with E-state index in [2.05, 4.69) is 27.2 Å². The normalized spacial score (nSPS) is 17.4. The molecular weight excluding hydrogens is 276 g/mol. The molecule has 0 unspecified atom stereocenters. The molecular formula is C14H23ClN4O. The standard InChI is InChI=1S/C14H23ClN4O/c1-4-14(7-5-6-8-14)9-16-12-17-11(15)18-13(19-12)20-10(2)3/h10H,4-9H2,1-3H3,(H,16,17,18,19). The Balaban J connectivity index is 2.03. The lowest BCUT2D eigenvalue weighted by atomic mass is 9.83. The molecule has 0 spiro atoms. The second kappa shape index (κ2) is 6.57. The molecule has 2 rings (SSSR count). The number of hydrogen-bond acceptors (Lipinski definition) is 5. The van der Waals surface area contributed by atoms with Crippen molar-refractivity contribution in [3.63, 3.8) is 0 Å². The van der Waals surface area contributed by atoms with Crippen LogP contribution in [0.4, 0.5) is 5.95 Å². The number of nitrogens with one attached hydrogen (secondary N) is 1. The first kappa shape index (κ1) is 15.3. The lowest BCUT2D eigenvalue weighted by molar-refractivity contribution is 0.221. The number of rotatable bonds is 6. The van der Waals surface area contributed by atoms with Crippen LogP contribution in [0.1, 0.15) is 52.9 Å². The second-order valence-electron chi connectivity index (χ2n) is 5.79. The summed E-state index contributed by atoms with van der Waals surface area (Å²) in [6.45, 7) is 6.98. The fourth-order valence-corrected chi connectivity index (χ4v) is 2.87. The van der Waals surface area contributed by atoms with Gasteiger partial charge in [0, 0.05) is 6.54 Å². The zero-order chi connectivity index (χ0) is 14.6. The average Bonchev–Trinajstić information content (AvgIpc) is 2.84. The van der Waals surface area contributed by atoms with E-state index in [0.29, 0.717) is 11.4 Å². The summed E-state index contributed by atoms with van der Waals surface area (Å²) < 4.78 is 5.47. The third-order valence-corrected chi connectivity index (χ3v) is 4.13. The predicted octanol–water partition coefficient (Wildman–Crippen LogP) is 3.69. The average molecular weight is 299 g/mol. The van der Waals surface area contributed by atoms with E-state index in [1.54, 1.807) is 0 Å². The van der Waals surface area contributed by atoms with E-state index in [0.717, 1.165) is 6.54 Å². The fourth-order valence-electron chi connectivity index (χ4n) is 2.72. The van der Waals surface area contributed by atoms with E-state index in [4.69, 9.17) is 16.3 Å². The van der Waals surface area contributed by atoms with Crippen LogP contribution in [-0.4, -0.2) is 27.6 Å². The number of halogens is 1. The van der Waals surface area contributed by atoms with Crippen LogP contribution in [0.15, 0.2) is 0 Å². The smallest absolute Gasteiger partial charge is 0.322 e. The molecule has 1 saturated carbocycles. The van der Waals surface area contributed by atoms with Crippen LogP contribution >= 0.6 is 11.6 Å². The Morgan fingerprint density at radius 1 is 1.25 bits per heavy atom. The number of anilines is 1. The summed E-state index contributed by atoms with van der Waals surface area (Å²) >= 11 is 5.92. The third kappa shape index (κ3) is 3.95. The SMILES string of the molecule is CCC1(CNc2nc(Cl)nc(OC(C)C)n2)CCCC1. The molecule has 0 bridgehead atoms. The molecule has 0 atom stereocenters. The molecule has 112 valence electrons. The lowest BCUT2D eigenvalue weighted by Gasteiger charge is -2.27. The molecule has 1 aliphatic carbocycles. The highest BCUT2D eigenvalue weighted by molar-refractivity contribution is 6.28.